The summed E-state index contributed by atoms with van der Waals surface area (Å²) in [6, 6.07) is 4.05. The number of benzene rings is 1. The molecule has 18 heavy (non-hydrogen) atoms. The van der Waals surface area contributed by atoms with Gasteiger partial charge in [0.2, 0.25) is 0 Å². The first kappa shape index (κ1) is 14.1. The first-order valence-corrected chi connectivity index (χ1v) is 7.82. The van der Waals surface area contributed by atoms with Crippen molar-refractivity contribution in [1.29, 1.82) is 0 Å². The van der Waals surface area contributed by atoms with Crippen LogP contribution in [0, 0.1) is 6.92 Å². The number of aromatic nitrogens is 2. The summed E-state index contributed by atoms with van der Waals surface area (Å²) in [6.07, 6.45) is 3.81. The van der Waals surface area contributed by atoms with Crippen LogP contribution in [0.3, 0.4) is 0 Å². The van der Waals surface area contributed by atoms with Crippen LogP contribution < -0.4 is 5.32 Å². The van der Waals surface area contributed by atoms with Crippen LogP contribution in [0.5, 0.6) is 0 Å². The van der Waals surface area contributed by atoms with Crippen LogP contribution in [0.1, 0.15) is 5.82 Å². The van der Waals surface area contributed by atoms with E-state index in [1.807, 2.05) is 31.5 Å². The highest BCUT2D eigenvalue weighted by atomic mass is 79.9. The average Bonchev–Trinajstić information content (AvgIpc) is 2.68. The van der Waals surface area contributed by atoms with Gasteiger partial charge in [0, 0.05) is 38.9 Å². The van der Waals surface area contributed by atoms with Crippen molar-refractivity contribution in [2.75, 3.05) is 11.9 Å². The molecule has 0 amide bonds. The molecular weight excluding hydrogens is 426 g/mol. The van der Waals surface area contributed by atoms with Gasteiger partial charge in [0.05, 0.1) is 5.69 Å². The normalized spacial score (nSPS) is 10.7. The highest BCUT2D eigenvalue weighted by molar-refractivity contribution is 9.11. The lowest BCUT2D eigenvalue weighted by Crippen LogP contribution is -2.11. The molecule has 0 aliphatic heterocycles. The third kappa shape index (κ3) is 3.36. The lowest BCUT2D eigenvalue weighted by Gasteiger charge is -2.12. The van der Waals surface area contributed by atoms with Gasteiger partial charge in [0.1, 0.15) is 5.82 Å². The molecule has 0 saturated carbocycles. The van der Waals surface area contributed by atoms with Gasteiger partial charge in [-0.1, -0.05) is 15.9 Å². The summed E-state index contributed by atoms with van der Waals surface area (Å²) >= 11 is 10.6. The summed E-state index contributed by atoms with van der Waals surface area (Å²) in [6.45, 7) is 3.74. The summed E-state index contributed by atoms with van der Waals surface area (Å²) < 4.78 is 5.22. The van der Waals surface area contributed by atoms with E-state index >= 15 is 0 Å². The first-order valence-electron chi connectivity index (χ1n) is 5.44. The summed E-state index contributed by atoms with van der Waals surface area (Å²) in [5, 5.41) is 3.41. The number of nitrogens with zero attached hydrogens (tertiary/aromatic N) is 2. The molecular formula is C12H12Br3N3. The van der Waals surface area contributed by atoms with Crippen LogP contribution in [0.25, 0.3) is 0 Å². The fourth-order valence-corrected chi connectivity index (χ4v) is 4.19. The number of hydrogen-bond acceptors (Lipinski definition) is 2. The zero-order valence-corrected chi connectivity index (χ0v) is 14.5. The summed E-state index contributed by atoms with van der Waals surface area (Å²) in [7, 11) is 0. The number of halogens is 3. The molecule has 0 radical (unpaired) electrons. The standard InChI is InChI=1S/C12H12Br3N3/c1-8-16-2-4-18(8)5-3-17-12-10(14)6-9(13)7-11(12)15/h2,4,6-7,17H,3,5H2,1H3. The van der Waals surface area contributed by atoms with E-state index in [9.17, 15) is 0 Å². The van der Waals surface area contributed by atoms with Gasteiger partial charge in [0.25, 0.3) is 0 Å². The number of nitrogens with one attached hydrogen (secondary N) is 1. The van der Waals surface area contributed by atoms with E-state index in [2.05, 4.69) is 62.7 Å². The number of rotatable bonds is 4. The van der Waals surface area contributed by atoms with Crippen LogP contribution in [0.4, 0.5) is 5.69 Å². The van der Waals surface area contributed by atoms with E-state index in [4.69, 9.17) is 0 Å². The van der Waals surface area contributed by atoms with E-state index < -0.39 is 0 Å². The second kappa shape index (κ2) is 6.21. The summed E-state index contributed by atoms with van der Waals surface area (Å²) in [5.74, 6) is 1.03. The molecule has 0 atom stereocenters. The van der Waals surface area contributed by atoms with Crippen LogP contribution in [-0.2, 0) is 6.54 Å². The Labute approximate surface area is 131 Å². The van der Waals surface area contributed by atoms with Crippen molar-refractivity contribution in [3.8, 4) is 0 Å². The van der Waals surface area contributed by atoms with Crippen molar-refractivity contribution < 1.29 is 0 Å². The van der Waals surface area contributed by atoms with Gasteiger partial charge in [-0.2, -0.15) is 0 Å². The minimum absolute atomic E-state index is 0.843. The molecule has 0 aliphatic rings. The van der Waals surface area contributed by atoms with Gasteiger partial charge in [-0.15, -0.1) is 0 Å². The second-order valence-electron chi connectivity index (χ2n) is 3.84. The molecule has 0 aliphatic carbocycles. The Morgan fingerprint density at radius 3 is 2.44 bits per heavy atom. The molecule has 3 nitrogen and oxygen atoms in total. The summed E-state index contributed by atoms with van der Waals surface area (Å²) in [5.41, 5.74) is 1.07. The summed E-state index contributed by atoms with van der Waals surface area (Å²) in [4.78, 5) is 4.20. The lowest BCUT2D eigenvalue weighted by atomic mass is 10.3. The molecule has 0 spiro atoms. The monoisotopic (exact) mass is 435 g/mol. The van der Waals surface area contributed by atoms with Crippen LogP contribution in [-0.4, -0.2) is 16.1 Å². The maximum atomic E-state index is 4.20. The average molecular weight is 438 g/mol. The highest BCUT2D eigenvalue weighted by Crippen LogP contribution is 2.34. The minimum Gasteiger partial charge on any atom is -0.381 e. The quantitative estimate of drug-likeness (QED) is 0.758. The zero-order chi connectivity index (χ0) is 13.1. The van der Waals surface area contributed by atoms with E-state index in [1.54, 1.807) is 0 Å². The topological polar surface area (TPSA) is 29.9 Å². The predicted octanol–water partition coefficient (Wildman–Crippen LogP) is 4.59. The van der Waals surface area contributed by atoms with Crippen LogP contribution in [0.2, 0.25) is 0 Å². The Kier molecular flexibility index (Phi) is 4.86. The van der Waals surface area contributed by atoms with Gasteiger partial charge < -0.3 is 9.88 Å². The van der Waals surface area contributed by atoms with E-state index in [1.165, 1.54) is 0 Å². The molecule has 2 aromatic rings. The maximum absolute atomic E-state index is 4.20. The third-order valence-corrected chi connectivity index (χ3v) is 4.29. The number of imidazole rings is 1. The minimum atomic E-state index is 0.843. The molecule has 1 N–H and O–H groups in total. The SMILES string of the molecule is Cc1nccn1CCNc1c(Br)cc(Br)cc1Br. The van der Waals surface area contributed by atoms with Crippen LogP contribution >= 0.6 is 47.8 Å². The van der Waals surface area contributed by atoms with Crippen molar-refractivity contribution in [1.82, 2.24) is 9.55 Å². The Hall–Kier alpha value is -0.330. The van der Waals surface area contributed by atoms with Gasteiger partial charge in [-0.25, -0.2) is 4.98 Å². The second-order valence-corrected chi connectivity index (χ2v) is 6.46. The van der Waals surface area contributed by atoms with Gasteiger partial charge >= 0.3 is 0 Å². The van der Waals surface area contributed by atoms with Crippen molar-refractivity contribution in [3.05, 3.63) is 43.8 Å². The van der Waals surface area contributed by atoms with Crippen molar-refractivity contribution in [3.63, 3.8) is 0 Å². The number of aryl methyl sites for hydroxylation is 1. The van der Waals surface area contributed by atoms with Gasteiger partial charge in [-0.3, -0.25) is 0 Å². The fourth-order valence-electron chi connectivity index (χ4n) is 1.65. The Morgan fingerprint density at radius 1 is 1.22 bits per heavy atom. The molecule has 1 aromatic carbocycles. The van der Waals surface area contributed by atoms with Crippen molar-refractivity contribution in [2.45, 2.75) is 13.5 Å². The number of hydrogen-bond donors (Lipinski definition) is 1. The third-order valence-electron chi connectivity index (χ3n) is 2.59. The molecule has 6 heteroatoms. The van der Waals surface area contributed by atoms with Crippen molar-refractivity contribution in [2.24, 2.45) is 0 Å². The molecule has 1 heterocycles. The molecule has 0 unspecified atom stereocenters. The van der Waals surface area contributed by atoms with E-state index in [-0.39, 0.29) is 0 Å². The fraction of sp³-hybridized carbons (Fsp3) is 0.250. The van der Waals surface area contributed by atoms with Crippen molar-refractivity contribution >= 4 is 53.5 Å². The zero-order valence-electron chi connectivity index (χ0n) is 9.75. The molecule has 0 saturated heterocycles. The first-order chi connectivity index (χ1) is 8.58. The smallest absolute Gasteiger partial charge is 0.105 e. The van der Waals surface area contributed by atoms with E-state index in [0.717, 1.165) is 38.0 Å². The largest absolute Gasteiger partial charge is 0.381 e. The lowest BCUT2D eigenvalue weighted by molar-refractivity contribution is 0.700. The Bertz CT molecular complexity index is 528. The van der Waals surface area contributed by atoms with E-state index in [0.29, 0.717) is 0 Å². The molecule has 0 fully saturated rings. The van der Waals surface area contributed by atoms with Crippen LogP contribution in [0.15, 0.2) is 37.9 Å². The Balaban J connectivity index is 2.01. The Morgan fingerprint density at radius 2 is 1.89 bits per heavy atom. The van der Waals surface area contributed by atoms with Gasteiger partial charge in [-0.05, 0) is 50.9 Å². The number of anilines is 1. The maximum Gasteiger partial charge on any atom is 0.105 e. The molecule has 1 aromatic heterocycles. The van der Waals surface area contributed by atoms with Gasteiger partial charge in [0.15, 0.2) is 0 Å². The molecule has 96 valence electrons. The predicted molar refractivity (Wildman–Crippen MR) is 85.0 cm³/mol. The molecule has 0 bridgehead atoms. The molecule has 2 rings (SSSR count). The highest BCUT2D eigenvalue weighted by Gasteiger charge is 2.06.